The quantitative estimate of drug-likeness (QED) is 0.396. The first kappa shape index (κ1) is 16.1. The van der Waals surface area contributed by atoms with Gasteiger partial charge in [-0.15, -0.1) is 0 Å². The van der Waals surface area contributed by atoms with Crippen LogP contribution in [0, 0.1) is 0 Å². The fourth-order valence-corrected chi connectivity index (χ4v) is 16.1. The maximum atomic E-state index is 2.62. The van der Waals surface area contributed by atoms with Crippen LogP contribution >= 0.6 is 0 Å². The number of benzene rings is 3. The molecule has 0 saturated carbocycles. The molecule has 0 atom stereocenters. The molecule has 4 rings (SSSR count). The van der Waals surface area contributed by atoms with Crippen LogP contribution in [0.1, 0.15) is 16.7 Å². The molecular weight excluding hydrogens is 548 g/mol. The minimum absolute atomic E-state index is 0.331. The third-order valence-electron chi connectivity index (χ3n) is 4.05. The van der Waals surface area contributed by atoms with Crippen LogP contribution in [0.3, 0.4) is 0 Å². The Balaban J connectivity index is 1.97. The summed E-state index contributed by atoms with van der Waals surface area (Å²) in [5.74, 6) is 0. The molecule has 114 valence electrons. The van der Waals surface area contributed by atoms with Crippen LogP contribution in [0.15, 0.2) is 94.8 Å². The Morgan fingerprint density at radius 1 is 0.542 bits per heavy atom. The van der Waals surface area contributed by atoms with Crippen molar-refractivity contribution in [3.63, 3.8) is 0 Å². The van der Waals surface area contributed by atoms with Crippen molar-refractivity contribution in [1.82, 2.24) is 0 Å². The molecule has 2 heteroatoms. The Morgan fingerprint density at radius 3 is 1.62 bits per heavy atom. The van der Waals surface area contributed by atoms with Gasteiger partial charge in [-0.05, 0) is 0 Å². The van der Waals surface area contributed by atoms with Crippen LogP contribution in [0.25, 0.3) is 15.5 Å². The standard InChI is InChI=1S/C22H16As.Bi/c1-17(18-11-5-2-6-12-18)21(19-13-7-3-8-14-19)22(23)20-15-9-4-10-16-20;/h1-16H;. The van der Waals surface area contributed by atoms with Gasteiger partial charge in [-0.2, -0.15) is 0 Å². The average Bonchev–Trinajstić information content (AvgIpc) is 2.69. The van der Waals surface area contributed by atoms with Gasteiger partial charge in [0.05, 0.1) is 0 Å². The van der Waals surface area contributed by atoms with Crippen molar-refractivity contribution >= 4 is 46.9 Å². The molecule has 0 unspecified atom stereocenters. The van der Waals surface area contributed by atoms with E-state index in [1.54, 1.807) is 4.36 Å². The summed E-state index contributed by atoms with van der Waals surface area (Å²) in [5, 5.41) is 0. The van der Waals surface area contributed by atoms with Gasteiger partial charge in [0.25, 0.3) is 0 Å². The molecule has 0 aromatic heterocycles. The third-order valence-corrected chi connectivity index (χ3v) is 15.7. The van der Waals surface area contributed by atoms with E-state index in [9.17, 15) is 0 Å². The normalized spacial score (nSPS) is 14.4. The molecular formula is C22H16AsBi. The Morgan fingerprint density at radius 2 is 1.04 bits per heavy atom. The van der Waals surface area contributed by atoms with Crippen LogP contribution < -0.4 is 0 Å². The number of hydrogen-bond donors (Lipinski definition) is 0. The Hall–Kier alpha value is -1.42. The number of allylic oxidation sites excluding steroid dienone is 2. The van der Waals surface area contributed by atoms with E-state index < -0.39 is 20.0 Å². The molecule has 1 heterocycles. The van der Waals surface area contributed by atoms with Crippen molar-refractivity contribution < 1.29 is 0 Å². The van der Waals surface area contributed by atoms with E-state index in [0.717, 1.165) is 0 Å². The van der Waals surface area contributed by atoms with Crippen molar-refractivity contribution in [2.24, 2.45) is 0 Å². The zero-order valence-corrected chi connectivity index (χ0v) is 18.5. The van der Waals surface area contributed by atoms with Gasteiger partial charge in [-0.1, -0.05) is 0 Å². The van der Waals surface area contributed by atoms with Gasteiger partial charge in [0.1, 0.15) is 0 Å². The van der Waals surface area contributed by atoms with Gasteiger partial charge in [-0.25, -0.2) is 0 Å². The molecule has 0 amide bonds. The van der Waals surface area contributed by atoms with E-state index in [-0.39, 0.29) is 0 Å². The molecule has 0 saturated heterocycles. The second kappa shape index (κ2) is 7.64. The number of rotatable bonds is 3. The monoisotopic (exact) mass is 564 g/mol. The first-order valence-electron chi connectivity index (χ1n) is 7.95. The predicted molar refractivity (Wildman–Crippen MR) is 106 cm³/mol. The molecule has 1 aliphatic heterocycles. The van der Waals surface area contributed by atoms with E-state index in [2.05, 4.69) is 94.8 Å². The Bertz CT molecular complexity index is 923. The zero-order valence-electron chi connectivity index (χ0n) is 13.1. The van der Waals surface area contributed by atoms with Gasteiger partial charge in [-0.3, -0.25) is 0 Å². The van der Waals surface area contributed by atoms with Gasteiger partial charge >= 0.3 is 158 Å². The summed E-state index contributed by atoms with van der Waals surface area (Å²) in [5.41, 5.74) is 7.04. The minimum atomic E-state index is -0.532. The molecule has 0 fully saturated rings. The van der Waals surface area contributed by atoms with E-state index in [0.29, 0.717) is 11.3 Å². The molecule has 0 N–H and O–H groups in total. The molecule has 0 spiro atoms. The van der Waals surface area contributed by atoms with Gasteiger partial charge in [0, 0.05) is 0 Å². The summed E-state index contributed by atoms with van der Waals surface area (Å²) in [7, 11) is 0. The second-order valence-electron chi connectivity index (χ2n) is 5.58. The molecule has 0 radical (unpaired) electrons. The van der Waals surface area contributed by atoms with E-state index in [1.807, 2.05) is 0 Å². The summed E-state index contributed by atoms with van der Waals surface area (Å²) in [6, 6.07) is 32.8. The second-order valence-corrected chi connectivity index (χ2v) is 17.1. The van der Waals surface area contributed by atoms with Crippen molar-refractivity contribution in [2.45, 2.75) is 0 Å². The van der Waals surface area contributed by atoms with Crippen LogP contribution in [0.4, 0.5) is 0 Å². The maximum absolute atomic E-state index is 2.62. The Kier molecular flexibility index (Phi) is 5.12. The van der Waals surface area contributed by atoms with Gasteiger partial charge in [0.15, 0.2) is 0 Å². The van der Waals surface area contributed by atoms with Crippen LogP contribution in [-0.4, -0.2) is 31.3 Å². The zero-order chi connectivity index (χ0) is 16.2. The van der Waals surface area contributed by atoms with E-state index in [1.165, 1.54) is 27.8 Å². The summed E-state index contributed by atoms with van der Waals surface area (Å²) in [4.78, 5) is 0. The molecule has 3 aromatic rings. The van der Waals surface area contributed by atoms with Crippen molar-refractivity contribution in [2.75, 3.05) is 0 Å². The summed E-state index contributed by atoms with van der Waals surface area (Å²) in [6.45, 7) is 0. The topological polar surface area (TPSA) is 0 Å². The molecule has 0 nitrogen and oxygen atoms in total. The Labute approximate surface area is 157 Å². The molecule has 0 bridgehead atoms. The predicted octanol–water partition coefficient (Wildman–Crippen LogP) is 4.93. The SMILES string of the molecule is [CH]1=C(c2ccccc2)C(c2ccccc2)=C(c2ccccc2)[As]=[Bi]1. The van der Waals surface area contributed by atoms with E-state index >= 15 is 0 Å². The van der Waals surface area contributed by atoms with Gasteiger partial charge in [0.2, 0.25) is 0 Å². The van der Waals surface area contributed by atoms with Crippen LogP contribution in [-0.2, 0) is 0 Å². The summed E-state index contributed by atoms with van der Waals surface area (Å²) < 4.78 is 4.24. The van der Waals surface area contributed by atoms with Gasteiger partial charge < -0.3 is 0 Å². The molecule has 1 aliphatic rings. The van der Waals surface area contributed by atoms with Crippen molar-refractivity contribution in [3.05, 3.63) is 111 Å². The summed E-state index contributed by atoms with van der Waals surface area (Å²) in [6.07, 6.45) is 0. The fraction of sp³-hybridized carbons (Fsp3) is 0. The molecule has 0 aliphatic carbocycles. The van der Waals surface area contributed by atoms with Crippen molar-refractivity contribution in [1.29, 1.82) is 0 Å². The fourth-order valence-electron chi connectivity index (χ4n) is 2.92. The number of hydrogen-bond acceptors (Lipinski definition) is 0. The first-order valence-corrected chi connectivity index (χ1v) is 19.8. The van der Waals surface area contributed by atoms with E-state index in [4.69, 9.17) is 0 Å². The molecule has 3 aromatic carbocycles. The average molecular weight is 564 g/mol. The third kappa shape index (κ3) is 3.34. The first-order chi connectivity index (χ1) is 11.9. The summed E-state index contributed by atoms with van der Waals surface area (Å²) >= 11 is -0.201. The van der Waals surface area contributed by atoms with Crippen LogP contribution in [0.5, 0.6) is 0 Å². The molecule has 24 heavy (non-hydrogen) atoms. The van der Waals surface area contributed by atoms with Crippen LogP contribution in [0.2, 0.25) is 0 Å². The van der Waals surface area contributed by atoms with Crippen molar-refractivity contribution in [3.8, 4) is 0 Å².